The topological polar surface area (TPSA) is 41.3 Å². The molecule has 1 atom stereocenters. The van der Waals surface area contributed by atoms with Gasteiger partial charge in [0.25, 0.3) is 0 Å². The number of aromatic nitrogens is 2. The van der Waals surface area contributed by atoms with Crippen LogP contribution >= 0.6 is 0 Å². The molecular weight excluding hydrogens is 286 g/mol. The SMILES string of the molecule is CCN(Cc1ccccc1)CC(O)c1ccc2c(c1)ncn2C. The van der Waals surface area contributed by atoms with Crippen molar-refractivity contribution in [3.63, 3.8) is 0 Å². The molecule has 0 spiro atoms. The van der Waals surface area contributed by atoms with Crippen LogP contribution in [0, 0.1) is 0 Å². The Kier molecular flexibility index (Phi) is 4.74. The van der Waals surface area contributed by atoms with Gasteiger partial charge in [-0.1, -0.05) is 43.3 Å². The third-order valence-corrected chi connectivity index (χ3v) is 4.26. The fourth-order valence-corrected chi connectivity index (χ4v) is 2.86. The van der Waals surface area contributed by atoms with Crippen LogP contribution in [-0.2, 0) is 13.6 Å². The number of aliphatic hydroxyl groups excluding tert-OH is 1. The van der Waals surface area contributed by atoms with Crippen molar-refractivity contribution in [3.05, 3.63) is 66.0 Å². The molecule has 0 saturated heterocycles. The molecule has 0 aliphatic heterocycles. The molecule has 3 aromatic rings. The minimum Gasteiger partial charge on any atom is -0.387 e. The highest BCUT2D eigenvalue weighted by Crippen LogP contribution is 2.20. The fraction of sp³-hybridized carbons (Fsp3) is 0.316. The molecular formula is C19H23N3O. The first-order chi connectivity index (χ1) is 11.2. The van der Waals surface area contributed by atoms with E-state index in [0.29, 0.717) is 6.54 Å². The highest BCUT2D eigenvalue weighted by Gasteiger charge is 2.14. The van der Waals surface area contributed by atoms with Crippen LogP contribution in [0.2, 0.25) is 0 Å². The maximum absolute atomic E-state index is 10.6. The predicted molar refractivity (Wildman–Crippen MR) is 93.1 cm³/mol. The summed E-state index contributed by atoms with van der Waals surface area (Å²) in [5, 5.41) is 10.6. The number of hydrogen-bond donors (Lipinski definition) is 1. The number of imidazole rings is 1. The van der Waals surface area contributed by atoms with Crippen LogP contribution in [0.15, 0.2) is 54.9 Å². The molecule has 4 nitrogen and oxygen atoms in total. The average Bonchev–Trinajstić information content (AvgIpc) is 2.95. The van der Waals surface area contributed by atoms with E-state index < -0.39 is 6.10 Å². The lowest BCUT2D eigenvalue weighted by atomic mass is 10.1. The molecule has 1 aromatic heterocycles. The van der Waals surface area contributed by atoms with Crippen molar-refractivity contribution in [2.45, 2.75) is 19.6 Å². The van der Waals surface area contributed by atoms with E-state index in [9.17, 15) is 5.11 Å². The maximum Gasteiger partial charge on any atom is 0.0955 e. The zero-order valence-corrected chi connectivity index (χ0v) is 13.7. The number of benzene rings is 2. The van der Waals surface area contributed by atoms with Crippen molar-refractivity contribution in [1.82, 2.24) is 14.5 Å². The van der Waals surface area contributed by atoms with Crippen molar-refractivity contribution in [3.8, 4) is 0 Å². The molecule has 3 rings (SSSR count). The van der Waals surface area contributed by atoms with Gasteiger partial charge in [0.05, 0.1) is 23.5 Å². The Balaban J connectivity index is 1.71. The third-order valence-electron chi connectivity index (χ3n) is 4.26. The summed E-state index contributed by atoms with van der Waals surface area (Å²) >= 11 is 0. The predicted octanol–water partition coefficient (Wildman–Crippen LogP) is 3.13. The second-order valence-electron chi connectivity index (χ2n) is 5.93. The van der Waals surface area contributed by atoms with Gasteiger partial charge in [0.1, 0.15) is 0 Å². The van der Waals surface area contributed by atoms with Gasteiger partial charge in [-0.15, -0.1) is 0 Å². The van der Waals surface area contributed by atoms with Crippen LogP contribution in [0.3, 0.4) is 0 Å². The largest absolute Gasteiger partial charge is 0.387 e. The summed E-state index contributed by atoms with van der Waals surface area (Å²) in [6.45, 7) is 4.49. The van der Waals surface area contributed by atoms with Crippen molar-refractivity contribution < 1.29 is 5.11 Å². The number of fused-ring (bicyclic) bond motifs is 1. The first-order valence-corrected chi connectivity index (χ1v) is 8.02. The highest BCUT2D eigenvalue weighted by atomic mass is 16.3. The number of nitrogens with zero attached hydrogens (tertiary/aromatic N) is 3. The smallest absolute Gasteiger partial charge is 0.0955 e. The lowest BCUT2D eigenvalue weighted by molar-refractivity contribution is 0.112. The van der Waals surface area contributed by atoms with Gasteiger partial charge in [-0.05, 0) is 29.8 Å². The molecule has 0 aliphatic rings. The number of aryl methyl sites for hydroxylation is 1. The van der Waals surface area contributed by atoms with Crippen LogP contribution < -0.4 is 0 Å². The van der Waals surface area contributed by atoms with E-state index in [2.05, 4.69) is 41.1 Å². The first-order valence-electron chi connectivity index (χ1n) is 8.02. The summed E-state index contributed by atoms with van der Waals surface area (Å²) in [6.07, 6.45) is 1.29. The van der Waals surface area contributed by atoms with Gasteiger partial charge in [0.15, 0.2) is 0 Å². The lowest BCUT2D eigenvalue weighted by Crippen LogP contribution is -2.28. The summed E-state index contributed by atoms with van der Waals surface area (Å²) in [4.78, 5) is 6.62. The van der Waals surface area contributed by atoms with Crippen molar-refractivity contribution in [2.75, 3.05) is 13.1 Å². The summed E-state index contributed by atoms with van der Waals surface area (Å²) in [5.74, 6) is 0. The van der Waals surface area contributed by atoms with Crippen LogP contribution in [-0.4, -0.2) is 32.6 Å². The van der Waals surface area contributed by atoms with Gasteiger partial charge >= 0.3 is 0 Å². The Morgan fingerprint density at radius 1 is 1.17 bits per heavy atom. The Morgan fingerprint density at radius 2 is 1.96 bits per heavy atom. The maximum atomic E-state index is 10.6. The van der Waals surface area contributed by atoms with Crippen LogP contribution in [0.25, 0.3) is 11.0 Å². The number of rotatable bonds is 6. The lowest BCUT2D eigenvalue weighted by Gasteiger charge is -2.24. The van der Waals surface area contributed by atoms with Crippen LogP contribution in [0.5, 0.6) is 0 Å². The van der Waals surface area contributed by atoms with E-state index in [1.165, 1.54) is 5.56 Å². The third kappa shape index (κ3) is 3.60. The Labute approximate surface area is 137 Å². The van der Waals surface area contributed by atoms with Gasteiger partial charge in [-0.3, -0.25) is 4.90 Å². The molecule has 4 heteroatoms. The Bertz CT molecular complexity index is 767. The highest BCUT2D eigenvalue weighted by molar-refractivity contribution is 5.76. The van der Waals surface area contributed by atoms with Crippen molar-refractivity contribution in [1.29, 1.82) is 0 Å². The molecule has 0 fully saturated rings. The standard InChI is InChI=1S/C19H23N3O/c1-3-22(12-15-7-5-4-6-8-15)13-19(23)16-9-10-18-17(11-16)20-14-21(18)2/h4-11,14,19,23H,3,12-13H2,1-2H3. The zero-order chi connectivity index (χ0) is 16.2. The average molecular weight is 309 g/mol. The summed E-state index contributed by atoms with van der Waals surface area (Å²) in [5.41, 5.74) is 4.19. The molecule has 0 saturated carbocycles. The molecule has 120 valence electrons. The van der Waals surface area contributed by atoms with E-state index in [1.807, 2.05) is 35.9 Å². The van der Waals surface area contributed by atoms with Crippen LogP contribution in [0.4, 0.5) is 0 Å². The molecule has 1 heterocycles. The molecule has 23 heavy (non-hydrogen) atoms. The minimum absolute atomic E-state index is 0.509. The first kappa shape index (κ1) is 15.7. The second kappa shape index (κ2) is 6.94. The van der Waals surface area contributed by atoms with E-state index in [0.717, 1.165) is 29.7 Å². The molecule has 1 unspecified atom stereocenters. The molecule has 0 aliphatic carbocycles. The monoisotopic (exact) mass is 309 g/mol. The Morgan fingerprint density at radius 3 is 2.70 bits per heavy atom. The van der Waals surface area contributed by atoms with Gasteiger partial charge in [0.2, 0.25) is 0 Å². The number of likely N-dealkylation sites (N-methyl/N-ethyl adjacent to an activating group) is 1. The van der Waals surface area contributed by atoms with Gasteiger partial charge in [0, 0.05) is 20.1 Å². The van der Waals surface area contributed by atoms with E-state index in [-0.39, 0.29) is 0 Å². The van der Waals surface area contributed by atoms with Gasteiger partial charge in [-0.25, -0.2) is 4.98 Å². The molecule has 0 amide bonds. The summed E-state index contributed by atoms with van der Waals surface area (Å²) < 4.78 is 1.99. The van der Waals surface area contributed by atoms with E-state index in [1.54, 1.807) is 6.33 Å². The number of hydrogen-bond acceptors (Lipinski definition) is 3. The molecule has 2 aromatic carbocycles. The molecule has 0 bridgehead atoms. The van der Waals surface area contributed by atoms with Gasteiger partial charge < -0.3 is 9.67 Å². The Hall–Kier alpha value is -2.17. The normalized spacial score (nSPS) is 12.9. The van der Waals surface area contributed by atoms with E-state index in [4.69, 9.17) is 0 Å². The molecule has 0 radical (unpaired) electrons. The summed E-state index contributed by atoms with van der Waals surface area (Å²) in [7, 11) is 1.98. The minimum atomic E-state index is -0.509. The second-order valence-corrected chi connectivity index (χ2v) is 5.93. The van der Waals surface area contributed by atoms with Crippen molar-refractivity contribution >= 4 is 11.0 Å². The van der Waals surface area contributed by atoms with Crippen molar-refractivity contribution in [2.24, 2.45) is 7.05 Å². The summed E-state index contributed by atoms with van der Waals surface area (Å²) in [6, 6.07) is 16.4. The van der Waals surface area contributed by atoms with E-state index >= 15 is 0 Å². The quantitative estimate of drug-likeness (QED) is 0.760. The zero-order valence-electron chi connectivity index (χ0n) is 13.7. The fourth-order valence-electron chi connectivity index (χ4n) is 2.86. The van der Waals surface area contributed by atoms with Gasteiger partial charge in [-0.2, -0.15) is 0 Å². The van der Waals surface area contributed by atoms with Crippen LogP contribution in [0.1, 0.15) is 24.2 Å². The molecule has 1 N–H and O–H groups in total. The number of aliphatic hydroxyl groups is 1.